The summed E-state index contributed by atoms with van der Waals surface area (Å²) in [7, 11) is 0. The van der Waals surface area contributed by atoms with Crippen molar-refractivity contribution >= 4 is 33.5 Å². The number of rotatable bonds is 3. The van der Waals surface area contributed by atoms with Gasteiger partial charge in [-0.05, 0) is 55.5 Å². The van der Waals surface area contributed by atoms with Crippen LogP contribution in [0.15, 0.2) is 88.3 Å². The van der Waals surface area contributed by atoms with Crippen LogP contribution in [0.3, 0.4) is 0 Å². The van der Waals surface area contributed by atoms with Crippen molar-refractivity contribution in [2.45, 2.75) is 6.92 Å². The molecule has 0 saturated carbocycles. The standard InChI is InChI=1S/C24H17N3O2/c1-15(28)16-10-12-18(13-11-16)25-24-19(14-17-6-2-5-9-22(17)29-24)23-26-20-7-3-4-8-21(20)27-23/h2-14H,1H3,(H,26,27)/p+1. The molecule has 0 radical (unpaired) electrons. The summed E-state index contributed by atoms with van der Waals surface area (Å²) in [5.74, 6) is 0.847. The molecule has 0 fully saturated rings. The number of ketones is 1. The first kappa shape index (κ1) is 17.1. The number of imidazole rings is 1. The van der Waals surface area contributed by atoms with Crippen molar-refractivity contribution in [2.75, 3.05) is 0 Å². The number of aromatic amines is 2. The van der Waals surface area contributed by atoms with Crippen molar-refractivity contribution in [3.63, 3.8) is 0 Å². The largest absolute Gasteiger partial charge is 0.437 e. The van der Waals surface area contributed by atoms with Crippen LogP contribution in [0.25, 0.3) is 33.4 Å². The molecule has 3 aromatic carbocycles. The van der Waals surface area contributed by atoms with Gasteiger partial charge in [-0.1, -0.05) is 30.3 Å². The van der Waals surface area contributed by atoms with E-state index < -0.39 is 0 Å². The molecule has 0 aliphatic carbocycles. The Labute approximate surface area is 166 Å². The van der Waals surface area contributed by atoms with E-state index in [-0.39, 0.29) is 5.78 Å². The van der Waals surface area contributed by atoms with Crippen molar-refractivity contribution in [2.24, 2.45) is 4.99 Å². The van der Waals surface area contributed by atoms with Crippen molar-refractivity contribution < 1.29 is 14.2 Å². The Balaban J connectivity index is 1.74. The van der Waals surface area contributed by atoms with Crippen molar-refractivity contribution in [1.82, 2.24) is 4.98 Å². The van der Waals surface area contributed by atoms with Crippen molar-refractivity contribution in [1.29, 1.82) is 0 Å². The van der Waals surface area contributed by atoms with Crippen LogP contribution in [-0.2, 0) is 0 Å². The Morgan fingerprint density at radius 2 is 1.72 bits per heavy atom. The molecule has 2 N–H and O–H groups in total. The molecule has 29 heavy (non-hydrogen) atoms. The number of hydrogen-bond donors (Lipinski definition) is 1. The molecule has 2 heterocycles. The van der Waals surface area contributed by atoms with Gasteiger partial charge in [-0.25, -0.2) is 15.0 Å². The molecular formula is C24H18N3O2+. The predicted molar refractivity (Wildman–Crippen MR) is 112 cm³/mol. The lowest BCUT2D eigenvalue weighted by molar-refractivity contribution is -0.330. The third-order valence-electron chi connectivity index (χ3n) is 4.88. The van der Waals surface area contributed by atoms with Gasteiger partial charge >= 0.3 is 0 Å². The van der Waals surface area contributed by atoms with E-state index in [4.69, 9.17) is 9.41 Å². The molecule has 5 aromatic rings. The lowest BCUT2D eigenvalue weighted by Crippen LogP contribution is -2.12. The number of benzene rings is 3. The average Bonchev–Trinajstić information content (AvgIpc) is 3.18. The summed E-state index contributed by atoms with van der Waals surface area (Å²) < 4.78 is 6.15. The second-order valence-electron chi connectivity index (χ2n) is 6.89. The average molecular weight is 380 g/mol. The number of carbonyl (C=O) groups excluding carboxylic acids is 1. The Morgan fingerprint density at radius 3 is 2.52 bits per heavy atom. The van der Waals surface area contributed by atoms with E-state index in [0.29, 0.717) is 16.8 Å². The summed E-state index contributed by atoms with van der Waals surface area (Å²) in [6.45, 7) is 1.55. The number of fused-ring (bicyclic) bond motifs is 2. The second kappa shape index (κ2) is 6.87. The Hall–Kier alpha value is -3.99. The highest BCUT2D eigenvalue weighted by Gasteiger charge is 2.16. The zero-order chi connectivity index (χ0) is 19.8. The third kappa shape index (κ3) is 3.23. The minimum atomic E-state index is 0.0281. The summed E-state index contributed by atoms with van der Waals surface area (Å²) in [6.07, 6.45) is 0. The number of Topliss-reactive ketones (excluding diaryl/α,β-unsaturated/α-hetero) is 1. The molecule has 140 valence electrons. The minimum absolute atomic E-state index is 0.0281. The molecule has 0 aliphatic heterocycles. The van der Waals surface area contributed by atoms with E-state index in [1.165, 1.54) is 0 Å². The molecule has 0 bridgehead atoms. The zero-order valence-electron chi connectivity index (χ0n) is 15.8. The van der Waals surface area contributed by atoms with Gasteiger partial charge < -0.3 is 4.42 Å². The molecule has 5 rings (SSSR count). The zero-order valence-corrected chi connectivity index (χ0v) is 15.8. The number of para-hydroxylation sites is 3. The molecule has 5 heteroatoms. The SMILES string of the molecule is CC(=O)c1ccc(N=c2oc3ccccc3cc2-c2[nH]c3ccccc3[nH+]2)cc1. The number of H-pyrrole nitrogens is 2. The Bertz CT molecular complexity index is 1390. The van der Waals surface area contributed by atoms with Gasteiger partial charge in [-0.2, -0.15) is 0 Å². The first-order valence-electron chi connectivity index (χ1n) is 9.36. The molecule has 0 aliphatic rings. The predicted octanol–water partition coefficient (Wildman–Crippen LogP) is 4.83. The molecule has 5 nitrogen and oxygen atoms in total. The van der Waals surface area contributed by atoms with Crippen LogP contribution in [-0.4, -0.2) is 10.8 Å². The van der Waals surface area contributed by atoms with Gasteiger partial charge in [0, 0.05) is 10.9 Å². The fraction of sp³-hybridized carbons (Fsp3) is 0.0417. The van der Waals surface area contributed by atoms with Crippen LogP contribution in [0.5, 0.6) is 0 Å². The quantitative estimate of drug-likeness (QED) is 0.455. The number of aromatic nitrogens is 2. The molecule has 0 saturated heterocycles. The summed E-state index contributed by atoms with van der Waals surface area (Å²) in [4.78, 5) is 23.1. The summed E-state index contributed by atoms with van der Waals surface area (Å²) >= 11 is 0. The normalized spacial score (nSPS) is 12.0. The highest BCUT2D eigenvalue weighted by Crippen LogP contribution is 2.21. The monoisotopic (exact) mass is 380 g/mol. The summed E-state index contributed by atoms with van der Waals surface area (Å²) in [6, 6.07) is 25.1. The Kier molecular flexibility index (Phi) is 4.06. The van der Waals surface area contributed by atoms with Crippen LogP contribution in [0.1, 0.15) is 17.3 Å². The summed E-state index contributed by atoms with van der Waals surface area (Å²) in [5, 5.41) is 0.987. The van der Waals surface area contributed by atoms with Gasteiger partial charge in [0.2, 0.25) is 5.55 Å². The van der Waals surface area contributed by atoms with Crippen LogP contribution in [0.4, 0.5) is 5.69 Å². The molecule has 0 unspecified atom stereocenters. The smallest absolute Gasteiger partial charge is 0.290 e. The fourth-order valence-corrected chi connectivity index (χ4v) is 3.36. The van der Waals surface area contributed by atoms with Crippen molar-refractivity contribution in [3.8, 4) is 11.4 Å². The maximum Gasteiger partial charge on any atom is 0.290 e. The van der Waals surface area contributed by atoms with Crippen molar-refractivity contribution in [3.05, 3.63) is 90.0 Å². The summed E-state index contributed by atoms with van der Waals surface area (Å²) in [5.41, 5.74) is 5.46. The molecular weight excluding hydrogens is 362 g/mol. The van der Waals surface area contributed by atoms with Gasteiger partial charge in [-0.15, -0.1) is 0 Å². The van der Waals surface area contributed by atoms with Gasteiger partial charge in [0.15, 0.2) is 16.8 Å². The molecule has 0 spiro atoms. The van der Waals surface area contributed by atoms with Crippen LogP contribution < -0.4 is 10.5 Å². The Morgan fingerprint density at radius 1 is 0.966 bits per heavy atom. The van der Waals surface area contributed by atoms with E-state index in [0.717, 1.165) is 33.4 Å². The van der Waals surface area contributed by atoms with E-state index in [2.05, 4.69) is 16.0 Å². The number of nitrogens with zero attached hydrogens (tertiary/aromatic N) is 1. The van der Waals surface area contributed by atoms with E-state index in [1.54, 1.807) is 19.1 Å². The second-order valence-corrected chi connectivity index (χ2v) is 6.89. The third-order valence-corrected chi connectivity index (χ3v) is 4.88. The van der Waals surface area contributed by atoms with E-state index in [1.807, 2.05) is 60.7 Å². The highest BCUT2D eigenvalue weighted by molar-refractivity contribution is 5.94. The van der Waals surface area contributed by atoms with Gasteiger partial charge in [-0.3, -0.25) is 4.79 Å². The minimum Gasteiger partial charge on any atom is -0.437 e. The number of carbonyl (C=O) groups is 1. The molecule has 0 atom stereocenters. The molecule has 0 amide bonds. The van der Waals surface area contributed by atoms with E-state index in [9.17, 15) is 4.79 Å². The van der Waals surface area contributed by atoms with Gasteiger partial charge in [0.1, 0.15) is 11.1 Å². The molecule has 2 aromatic heterocycles. The van der Waals surface area contributed by atoms with Crippen LogP contribution in [0, 0.1) is 0 Å². The number of nitrogens with one attached hydrogen (secondary N) is 2. The lowest BCUT2D eigenvalue weighted by atomic mass is 10.1. The van der Waals surface area contributed by atoms with Gasteiger partial charge in [0.25, 0.3) is 5.82 Å². The topological polar surface area (TPSA) is 72.5 Å². The first-order valence-corrected chi connectivity index (χ1v) is 9.36. The highest BCUT2D eigenvalue weighted by atomic mass is 16.3. The fourth-order valence-electron chi connectivity index (χ4n) is 3.36. The van der Waals surface area contributed by atoms with Gasteiger partial charge in [0.05, 0.1) is 5.69 Å². The first-order chi connectivity index (χ1) is 14.2. The maximum absolute atomic E-state index is 11.5. The maximum atomic E-state index is 11.5. The lowest BCUT2D eigenvalue weighted by Gasteiger charge is -2.01. The number of hydrogen-bond acceptors (Lipinski definition) is 3. The van der Waals surface area contributed by atoms with Crippen LogP contribution in [0.2, 0.25) is 0 Å². The van der Waals surface area contributed by atoms with Crippen LogP contribution >= 0.6 is 0 Å². The van der Waals surface area contributed by atoms with E-state index >= 15 is 0 Å².